The highest BCUT2D eigenvalue weighted by molar-refractivity contribution is 5.99. The van der Waals surface area contributed by atoms with Gasteiger partial charge in [0, 0.05) is 13.3 Å². The van der Waals surface area contributed by atoms with Crippen molar-refractivity contribution in [2.24, 2.45) is 0 Å². The smallest absolute Gasteiger partial charge is 0.308 e. The van der Waals surface area contributed by atoms with Crippen LogP contribution < -0.4 is 0 Å². The van der Waals surface area contributed by atoms with Gasteiger partial charge in [0.2, 0.25) is 0 Å². The number of Topliss-reactive ketones (excluding diaryl/α,β-unsaturated/α-hetero) is 1. The van der Waals surface area contributed by atoms with E-state index in [9.17, 15) is 14.9 Å². The molecule has 0 aliphatic carbocycles. The largest absolute Gasteiger partial charge is 0.423 e. The van der Waals surface area contributed by atoms with Crippen molar-refractivity contribution in [2.45, 2.75) is 33.1 Å². The van der Waals surface area contributed by atoms with Crippen LogP contribution in [0.5, 0.6) is 0 Å². The molecule has 0 heterocycles. The normalized spacial score (nSPS) is 10.9. The van der Waals surface area contributed by atoms with Gasteiger partial charge in [-0.05, 0) is 35.3 Å². The van der Waals surface area contributed by atoms with Crippen LogP contribution in [0.15, 0.2) is 54.3 Å². The Labute approximate surface area is 153 Å². The van der Waals surface area contributed by atoms with Crippen LogP contribution in [-0.4, -0.2) is 11.8 Å². The van der Waals surface area contributed by atoms with Crippen LogP contribution >= 0.6 is 0 Å². The van der Waals surface area contributed by atoms with E-state index in [0.717, 1.165) is 29.5 Å². The minimum atomic E-state index is -0.513. The number of carbonyl (C=O) groups excluding carboxylic acids is 2. The van der Waals surface area contributed by atoms with Crippen molar-refractivity contribution in [3.63, 3.8) is 0 Å². The van der Waals surface area contributed by atoms with Gasteiger partial charge in [-0.3, -0.25) is 9.59 Å². The minimum Gasteiger partial charge on any atom is -0.423 e. The van der Waals surface area contributed by atoms with Crippen LogP contribution in [0.25, 0.3) is 17.2 Å². The van der Waals surface area contributed by atoms with Crippen LogP contribution in [-0.2, 0) is 14.3 Å². The predicted octanol–water partition coefficient (Wildman–Crippen LogP) is 4.89. The molecule has 0 aromatic heterocycles. The summed E-state index contributed by atoms with van der Waals surface area (Å²) in [6.07, 6.45) is 3.58. The standard InChI is InChI=1S/C22H21NO3/c1-3-4-9-21(25)22(26-16(2)24)14-17-10-12-18(13-11-17)20-8-6-5-7-19(20)15-23/h5-8,10-14H,3-4,9H2,1-2H3. The van der Waals surface area contributed by atoms with Gasteiger partial charge in [-0.25, -0.2) is 0 Å². The summed E-state index contributed by atoms with van der Waals surface area (Å²) in [7, 11) is 0. The molecule has 0 saturated carbocycles. The maximum Gasteiger partial charge on any atom is 0.308 e. The van der Waals surface area contributed by atoms with Crippen molar-refractivity contribution in [3.05, 3.63) is 65.4 Å². The van der Waals surface area contributed by atoms with E-state index in [4.69, 9.17) is 4.74 Å². The third-order valence-corrected chi connectivity index (χ3v) is 3.85. The van der Waals surface area contributed by atoms with Crippen molar-refractivity contribution < 1.29 is 14.3 Å². The molecule has 4 nitrogen and oxygen atoms in total. The van der Waals surface area contributed by atoms with Gasteiger partial charge in [0.05, 0.1) is 11.6 Å². The lowest BCUT2D eigenvalue weighted by Gasteiger charge is -2.07. The summed E-state index contributed by atoms with van der Waals surface area (Å²) < 4.78 is 5.09. The van der Waals surface area contributed by atoms with Gasteiger partial charge in [-0.1, -0.05) is 55.8 Å². The Hall–Kier alpha value is -3.19. The van der Waals surface area contributed by atoms with E-state index in [1.807, 2.05) is 49.4 Å². The lowest BCUT2D eigenvalue weighted by atomic mass is 9.99. The van der Waals surface area contributed by atoms with E-state index < -0.39 is 5.97 Å². The van der Waals surface area contributed by atoms with E-state index in [1.54, 1.807) is 12.1 Å². The fourth-order valence-electron chi connectivity index (χ4n) is 2.52. The Morgan fingerprint density at radius 3 is 2.42 bits per heavy atom. The number of nitriles is 1. The molecular formula is C22H21NO3. The van der Waals surface area contributed by atoms with Gasteiger partial charge in [0.1, 0.15) is 0 Å². The highest BCUT2D eigenvalue weighted by Crippen LogP contribution is 2.24. The maximum atomic E-state index is 12.2. The van der Waals surface area contributed by atoms with Gasteiger partial charge < -0.3 is 4.74 Å². The molecule has 4 heteroatoms. The topological polar surface area (TPSA) is 67.2 Å². The number of ether oxygens (including phenoxy) is 1. The quantitative estimate of drug-likeness (QED) is 0.406. The fourth-order valence-corrected chi connectivity index (χ4v) is 2.52. The summed E-state index contributed by atoms with van der Waals surface area (Å²) >= 11 is 0. The van der Waals surface area contributed by atoms with Crippen LogP contribution in [0.1, 0.15) is 44.2 Å². The molecule has 0 spiro atoms. The molecule has 2 aromatic carbocycles. The molecule has 0 unspecified atom stereocenters. The minimum absolute atomic E-state index is 0.0659. The van der Waals surface area contributed by atoms with Crippen molar-refractivity contribution >= 4 is 17.8 Å². The first-order chi connectivity index (χ1) is 12.5. The van der Waals surface area contributed by atoms with Crippen molar-refractivity contribution in [1.82, 2.24) is 0 Å². The zero-order valence-electron chi connectivity index (χ0n) is 15.0. The number of hydrogen-bond donors (Lipinski definition) is 0. The van der Waals surface area contributed by atoms with Gasteiger partial charge >= 0.3 is 5.97 Å². The molecule has 0 saturated heterocycles. The number of allylic oxidation sites excluding steroid dienone is 1. The molecule has 26 heavy (non-hydrogen) atoms. The SMILES string of the molecule is CCCCC(=O)C(=Cc1ccc(-c2ccccc2C#N)cc1)OC(C)=O. The second-order valence-electron chi connectivity index (χ2n) is 5.91. The maximum absolute atomic E-state index is 12.2. The monoisotopic (exact) mass is 347 g/mol. The number of hydrogen-bond acceptors (Lipinski definition) is 4. The lowest BCUT2D eigenvalue weighted by Crippen LogP contribution is -2.09. The van der Waals surface area contributed by atoms with Crippen LogP contribution in [0.3, 0.4) is 0 Å². The van der Waals surface area contributed by atoms with E-state index in [-0.39, 0.29) is 11.5 Å². The van der Waals surface area contributed by atoms with Gasteiger partial charge in [0.15, 0.2) is 11.5 Å². The number of ketones is 1. The molecule has 0 aliphatic rings. The summed E-state index contributed by atoms with van der Waals surface area (Å²) in [6, 6.07) is 17.0. The molecule has 0 atom stereocenters. The number of unbranched alkanes of at least 4 members (excludes halogenated alkanes) is 1. The molecule has 0 N–H and O–H groups in total. The van der Waals surface area contributed by atoms with Crippen LogP contribution in [0, 0.1) is 11.3 Å². The predicted molar refractivity (Wildman–Crippen MR) is 101 cm³/mol. The number of esters is 1. The number of benzene rings is 2. The summed E-state index contributed by atoms with van der Waals surface area (Å²) in [5.74, 6) is -0.627. The second-order valence-corrected chi connectivity index (χ2v) is 5.91. The average Bonchev–Trinajstić information content (AvgIpc) is 2.65. The summed E-state index contributed by atoms with van der Waals surface area (Å²) in [6.45, 7) is 3.28. The molecule has 0 bridgehead atoms. The number of carbonyl (C=O) groups is 2. The summed E-state index contributed by atoms with van der Waals surface area (Å²) in [4.78, 5) is 23.5. The van der Waals surface area contributed by atoms with Crippen molar-refractivity contribution in [3.8, 4) is 17.2 Å². The third-order valence-electron chi connectivity index (χ3n) is 3.85. The highest BCUT2D eigenvalue weighted by Gasteiger charge is 2.13. The van der Waals surface area contributed by atoms with Gasteiger partial charge in [-0.2, -0.15) is 5.26 Å². The Morgan fingerprint density at radius 2 is 1.81 bits per heavy atom. The average molecular weight is 347 g/mol. The fraction of sp³-hybridized carbons (Fsp3) is 0.227. The van der Waals surface area contributed by atoms with E-state index >= 15 is 0 Å². The molecule has 2 aromatic rings. The number of nitrogens with zero attached hydrogens (tertiary/aromatic N) is 1. The molecule has 0 aliphatic heterocycles. The molecule has 2 rings (SSSR count). The molecule has 0 radical (unpaired) electrons. The first-order valence-corrected chi connectivity index (χ1v) is 8.58. The zero-order valence-corrected chi connectivity index (χ0v) is 15.0. The molecule has 132 valence electrons. The Bertz CT molecular complexity index is 858. The summed E-state index contributed by atoms with van der Waals surface area (Å²) in [5.41, 5.74) is 3.12. The Morgan fingerprint density at radius 1 is 1.12 bits per heavy atom. The number of rotatable bonds is 7. The van der Waals surface area contributed by atoms with Crippen molar-refractivity contribution in [1.29, 1.82) is 5.26 Å². The molecular weight excluding hydrogens is 326 g/mol. The van der Waals surface area contributed by atoms with E-state index in [2.05, 4.69) is 6.07 Å². The first-order valence-electron chi connectivity index (χ1n) is 8.58. The highest BCUT2D eigenvalue weighted by atomic mass is 16.5. The second kappa shape index (κ2) is 9.33. The van der Waals surface area contributed by atoms with Crippen molar-refractivity contribution in [2.75, 3.05) is 0 Å². The summed E-state index contributed by atoms with van der Waals surface area (Å²) in [5, 5.41) is 9.22. The van der Waals surface area contributed by atoms with Crippen LogP contribution in [0.2, 0.25) is 0 Å². The Kier molecular flexibility index (Phi) is 6.87. The van der Waals surface area contributed by atoms with E-state index in [1.165, 1.54) is 6.92 Å². The van der Waals surface area contributed by atoms with E-state index in [0.29, 0.717) is 12.0 Å². The Balaban J connectivity index is 2.29. The van der Waals surface area contributed by atoms with Gasteiger partial charge in [-0.15, -0.1) is 0 Å². The molecule has 0 amide bonds. The zero-order chi connectivity index (χ0) is 18.9. The third kappa shape index (κ3) is 5.15. The first kappa shape index (κ1) is 19.1. The lowest BCUT2D eigenvalue weighted by molar-refractivity contribution is -0.140. The van der Waals surface area contributed by atoms with Crippen LogP contribution in [0.4, 0.5) is 0 Å². The van der Waals surface area contributed by atoms with Gasteiger partial charge in [0.25, 0.3) is 0 Å². The molecule has 0 fully saturated rings.